The molecule has 2 atom stereocenters. The summed E-state index contributed by atoms with van der Waals surface area (Å²) in [6.45, 7) is 2.34. The molecule has 2 aromatic rings. The van der Waals surface area contributed by atoms with Gasteiger partial charge in [-0.25, -0.2) is 0 Å². The maximum Gasteiger partial charge on any atom is 0.311 e. The maximum absolute atomic E-state index is 13.0. The molecule has 6 nitrogen and oxygen atoms in total. The van der Waals surface area contributed by atoms with Crippen LogP contribution < -0.4 is 14.4 Å². The highest BCUT2D eigenvalue weighted by atomic mass is 16.5. The lowest BCUT2D eigenvalue weighted by molar-refractivity contribution is -0.150. The van der Waals surface area contributed by atoms with Crippen LogP contribution in [0.1, 0.15) is 37.8 Å². The average molecular weight is 397 g/mol. The van der Waals surface area contributed by atoms with Crippen molar-refractivity contribution in [1.29, 1.82) is 0 Å². The highest BCUT2D eigenvalue weighted by Crippen LogP contribution is 2.41. The lowest BCUT2D eigenvalue weighted by Crippen LogP contribution is -2.46. The van der Waals surface area contributed by atoms with Crippen molar-refractivity contribution >= 4 is 17.6 Å². The van der Waals surface area contributed by atoms with Crippen molar-refractivity contribution in [3.63, 3.8) is 0 Å². The molecule has 2 aromatic carbocycles. The highest BCUT2D eigenvalue weighted by Gasteiger charge is 2.42. The molecular weight excluding hydrogens is 370 g/mol. The number of ether oxygens (including phenoxy) is 3. The van der Waals surface area contributed by atoms with Crippen molar-refractivity contribution in [2.24, 2.45) is 5.92 Å². The summed E-state index contributed by atoms with van der Waals surface area (Å²) in [5.41, 5.74) is 1.60. The Kier molecular flexibility index (Phi) is 6.75. The summed E-state index contributed by atoms with van der Waals surface area (Å²) in [5, 5.41) is 0. The third-order valence-corrected chi connectivity index (χ3v) is 5.16. The number of piperidine rings is 1. The van der Waals surface area contributed by atoms with Gasteiger partial charge in [-0.1, -0.05) is 19.1 Å². The predicted octanol–water partition coefficient (Wildman–Crippen LogP) is 4.14. The molecule has 0 bridgehead atoms. The summed E-state index contributed by atoms with van der Waals surface area (Å²) >= 11 is 0. The van der Waals surface area contributed by atoms with Gasteiger partial charge in [-0.15, -0.1) is 0 Å². The Morgan fingerprint density at radius 3 is 2.14 bits per heavy atom. The molecule has 1 aliphatic heterocycles. The molecule has 1 aliphatic rings. The Morgan fingerprint density at radius 2 is 1.59 bits per heavy atom. The number of carbonyl (C=O) groups excluding carboxylic acids is 2. The number of nitrogens with zero attached hydrogens (tertiary/aromatic N) is 1. The normalized spacial score (nSPS) is 19.0. The van der Waals surface area contributed by atoms with Crippen molar-refractivity contribution in [3.05, 3.63) is 54.1 Å². The smallest absolute Gasteiger partial charge is 0.311 e. The van der Waals surface area contributed by atoms with E-state index >= 15 is 0 Å². The van der Waals surface area contributed by atoms with Gasteiger partial charge < -0.3 is 19.1 Å². The van der Waals surface area contributed by atoms with Gasteiger partial charge in [0.2, 0.25) is 5.91 Å². The number of anilines is 1. The predicted molar refractivity (Wildman–Crippen MR) is 110 cm³/mol. The van der Waals surface area contributed by atoms with Gasteiger partial charge in [-0.2, -0.15) is 0 Å². The fraction of sp³-hybridized carbons (Fsp3) is 0.391. The van der Waals surface area contributed by atoms with Gasteiger partial charge in [-0.05, 0) is 54.8 Å². The van der Waals surface area contributed by atoms with E-state index in [0.29, 0.717) is 25.2 Å². The Balaban J connectivity index is 2.02. The van der Waals surface area contributed by atoms with Crippen LogP contribution in [0.2, 0.25) is 0 Å². The fourth-order valence-corrected chi connectivity index (χ4v) is 3.68. The minimum atomic E-state index is -0.445. The van der Waals surface area contributed by atoms with Gasteiger partial charge in [-0.3, -0.25) is 9.59 Å². The second kappa shape index (κ2) is 9.45. The number of esters is 1. The van der Waals surface area contributed by atoms with Gasteiger partial charge in [0, 0.05) is 12.1 Å². The van der Waals surface area contributed by atoms with Crippen LogP contribution in [0.3, 0.4) is 0 Å². The Labute approximate surface area is 171 Å². The number of hydrogen-bond donors (Lipinski definition) is 0. The maximum atomic E-state index is 13.0. The quantitative estimate of drug-likeness (QED) is 0.657. The molecule has 29 heavy (non-hydrogen) atoms. The molecule has 0 N–H and O–H groups in total. The molecule has 1 heterocycles. The first-order valence-electron chi connectivity index (χ1n) is 9.85. The average Bonchev–Trinajstić information content (AvgIpc) is 2.77. The number of carbonyl (C=O) groups is 2. The molecule has 0 spiro atoms. The van der Waals surface area contributed by atoms with Crippen LogP contribution in [0.5, 0.6) is 11.5 Å². The largest absolute Gasteiger partial charge is 0.497 e. The standard InChI is InChI=1S/C23H27NO5/c1-4-15-29-23(26)20-13-14-21(25)24(17-7-11-19(28-3)12-8-17)22(20)16-5-9-18(27-2)10-6-16/h5-12,20,22H,4,13-15H2,1-3H3. The minimum Gasteiger partial charge on any atom is -0.497 e. The van der Waals surface area contributed by atoms with Crippen molar-refractivity contribution in [3.8, 4) is 11.5 Å². The van der Waals surface area contributed by atoms with E-state index in [1.54, 1.807) is 19.1 Å². The molecule has 0 saturated carbocycles. The van der Waals surface area contributed by atoms with Crippen molar-refractivity contribution in [2.45, 2.75) is 32.2 Å². The second-order valence-corrected chi connectivity index (χ2v) is 6.99. The molecule has 6 heteroatoms. The summed E-state index contributed by atoms with van der Waals surface area (Å²) in [5.74, 6) is 0.707. The first-order valence-corrected chi connectivity index (χ1v) is 9.85. The van der Waals surface area contributed by atoms with E-state index in [1.165, 1.54) is 0 Å². The SMILES string of the molecule is CCCOC(=O)C1CCC(=O)N(c2ccc(OC)cc2)C1c1ccc(OC)cc1. The summed E-state index contributed by atoms with van der Waals surface area (Å²) in [7, 11) is 3.20. The molecule has 3 rings (SSSR count). The fourth-order valence-electron chi connectivity index (χ4n) is 3.68. The third-order valence-electron chi connectivity index (χ3n) is 5.16. The lowest BCUT2D eigenvalue weighted by Gasteiger charge is -2.40. The van der Waals surface area contributed by atoms with E-state index in [1.807, 2.05) is 55.5 Å². The number of benzene rings is 2. The first kappa shape index (κ1) is 20.7. The number of hydrogen-bond acceptors (Lipinski definition) is 5. The van der Waals surface area contributed by atoms with Gasteiger partial charge in [0.05, 0.1) is 32.8 Å². The van der Waals surface area contributed by atoms with Gasteiger partial charge in [0.25, 0.3) is 0 Å². The molecule has 1 saturated heterocycles. The van der Waals surface area contributed by atoms with Crippen LogP contribution in [0, 0.1) is 5.92 Å². The number of rotatable bonds is 7. The Hall–Kier alpha value is -3.02. The van der Waals surface area contributed by atoms with E-state index in [-0.39, 0.29) is 11.9 Å². The van der Waals surface area contributed by atoms with E-state index in [0.717, 1.165) is 23.4 Å². The lowest BCUT2D eigenvalue weighted by atomic mass is 9.83. The zero-order chi connectivity index (χ0) is 20.8. The van der Waals surface area contributed by atoms with Gasteiger partial charge in [0.1, 0.15) is 11.5 Å². The number of methoxy groups -OCH3 is 2. The molecule has 1 fully saturated rings. The van der Waals surface area contributed by atoms with Crippen molar-refractivity contribution in [2.75, 3.05) is 25.7 Å². The van der Waals surface area contributed by atoms with E-state index in [2.05, 4.69) is 0 Å². The monoisotopic (exact) mass is 397 g/mol. The highest BCUT2D eigenvalue weighted by molar-refractivity contribution is 5.97. The zero-order valence-corrected chi connectivity index (χ0v) is 17.1. The molecule has 154 valence electrons. The summed E-state index contributed by atoms with van der Waals surface area (Å²) < 4.78 is 16.0. The molecule has 0 radical (unpaired) electrons. The molecule has 2 unspecified atom stereocenters. The van der Waals surface area contributed by atoms with Crippen LogP contribution in [-0.4, -0.2) is 32.7 Å². The molecule has 0 aromatic heterocycles. The first-order chi connectivity index (χ1) is 14.1. The van der Waals surface area contributed by atoms with Gasteiger partial charge in [0.15, 0.2) is 0 Å². The van der Waals surface area contributed by atoms with Crippen LogP contribution >= 0.6 is 0 Å². The Morgan fingerprint density at radius 1 is 1.00 bits per heavy atom. The molecule has 1 amide bonds. The van der Waals surface area contributed by atoms with Crippen molar-refractivity contribution in [1.82, 2.24) is 0 Å². The summed E-state index contributed by atoms with van der Waals surface area (Å²) in [6, 6.07) is 14.3. The van der Waals surface area contributed by atoms with E-state index in [9.17, 15) is 9.59 Å². The zero-order valence-electron chi connectivity index (χ0n) is 17.1. The van der Waals surface area contributed by atoms with Crippen LogP contribution in [0.25, 0.3) is 0 Å². The van der Waals surface area contributed by atoms with Gasteiger partial charge >= 0.3 is 5.97 Å². The summed E-state index contributed by atoms with van der Waals surface area (Å²) in [6.07, 6.45) is 1.52. The Bertz CT molecular complexity index is 831. The topological polar surface area (TPSA) is 65.1 Å². The number of amides is 1. The second-order valence-electron chi connectivity index (χ2n) is 6.99. The van der Waals surface area contributed by atoms with Crippen molar-refractivity contribution < 1.29 is 23.8 Å². The molecular formula is C23H27NO5. The molecule has 0 aliphatic carbocycles. The van der Waals surface area contributed by atoms with Crippen LogP contribution in [0.15, 0.2) is 48.5 Å². The minimum absolute atomic E-state index is 0.0180. The summed E-state index contributed by atoms with van der Waals surface area (Å²) in [4.78, 5) is 27.5. The van der Waals surface area contributed by atoms with Crippen LogP contribution in [-0.2, 0) is 14.3 Å². The van der Waals surface area contributed by atoms with E-state index in [4.69, 9.17) is 14.2 Å². The third kappa shape index (κ3) is 4.53. The van der Waals surface area contributed by atoms with E-state index < -0.39 is 12.0 Å². The van der Waals surface area contributed by atoms with Crippen LogP contribution in [0.4, 0.5) is 5.69 Å².